The second kappa shape index (κ2) is 6.16. The van der Waals surface area contributed by atoms with Gasteiger partial charge in [0.05, 0.1) is 13.2 Å². The fraction of sp³-hybridized carbons (Fsp3) is 0.385. The second-order valence-corrected chi connectivity index (χ2v) is 4.07. The van der Waals surface area contributed by atoms with Gasteiger partial charge in [-0.25, -0.2) is 9.78 Å². The zero-order valence-corrected chi connectivity index (χ0v) is 10.1. The molecule has 0 aliphatic carbocycles. The van der Waals surface area contributed by atoms with Crippen LogP contribution >= 0.6 is 0 Å². The molecule has 0 aromatic carbocycles. The summed E-state index contributed by atoms with van der Waals surface area (Å²) < 4.78 is 5.29. The van der Waals surface area contributed by atoms with Crippen molar-refractivity contribution < 1.29 is 14.6 Å². The Morgan fingerprint density at radius 2 is 2.22 bits per heavy atom. The van der Waals surface area contributed by atoms with Gasteiger partial charge < -0.3 is 14.7 Å². The molecule has 1 aliphatic heterocycles. The topological polar surface area (TPSA) is 62.7 Å². The molecule has 1 aromatic rings. The zero-order chi connectivity index (χ0) is 12.8. The van der Waals surface area contributed by atoms with Crippen LogP contribution in [0.25, 0.3) is 0 Å². The highest BCUT2D eigenvalue weighted by Crippen LogP contribution is 2.13. The predicted octanol–water partition coefficient (Wildman–Crippen LogP) is 1.10. The van der Waals surface area contributed by atoms with Gasteiger partial charge in [0.25, 0.3) is 0 Å². The minimum Gasteiger partial charge on any atom is -0.478 e. The van der Waals surface area contributed by atoms with E-state index in [1.54, 1.807) is 12.3 Å². The smallest absolute Gasteiger partial charge is 0.327 e. The van der Waals surface area contributed by atoms with Gasteiger partial charge in [-0.2, -0.15) is 0 Å². The number of anilines is 1. The molecular formula is C13H16N2O3. The maximum absolute atomic E-state index is 10.3. The third kappa shape index (κ3) is 3.56. The first-order valence-corrected chi connectivity index (χ1v) is 5.93. The van der Waals surface area contributed by atoms with Crippen molar-refractivity contribution in [1.82, 2.24) is 4.98 Å². The van der Waals surface area contributed by atoms with Gasteiger partial charge >= 0.3 is 5.97 Å². The van der Waals surface area contributed by atoms with E-state index in [1.807, 2.05) is 12.1 Å². The Balaban J connectivity index is 1.94. The van der Waals surface area contributed by atoms with E-state index in [0.717, 1.165) is 43.8 Å². The van der Waals surface area contributed by atoms with Crippen LogP contribution in [0.4, 0.5) is 5.82 Å². The average Bonchev–Trinajstić information content (AvgIpc) is 2.40. The monoisotopic (exact) mass is 248 g/mol. The highest BCUT2D eigenvalue weighted by Gasteiger charge is 2.11. The van der Waals surface area contributed by atoms with Gasteiger partial charge in [0.2, 0.25) is 0 Å². The molecule has 0 bridgehead atoms. The first-order chi connectivity index (χ1) is 8.75. The van der Waals surface area contributed by atoms with Crippen LogP contribution in [-0.4, -0.2) is 42.4 Å². The van der Waals surface area contributed by atoms with E-state index in [0.29, 0.717) is 6.42 Å². The van der Waals surface area contributed by atoms with Gasteiger partial charge in [-0.05, 0) is 18.1 Å². The lowest BCUT2D eigenvalue weighted by atomic mass is 10.2. The first kappa shape index (κ1) is 12.6. The number of morpholine rings is 1. The molecule has 2 rings (SSSR count). The van der Waals surface area contributed by atoms with Crippen LogP contribution in [0.2, 0.25) is 0 Å². The Morgan fingerprint density at radius 3 is 2.83 bits per heavy atom. The molecule has 0 radical (unpaired) electrons. The zero-order valence-electron chi connectivity index (χ0n) is 10.1. The van der Waals surface area contributed by atoms with Gasteiger partial charge in [0.15, 0.2) is 0 Å². The lowest BCUT2D eigenvalue weighted by molar-refractivity contribution is -0.131. The highest BCUT2D eigenvalue weighted by molar-refractivity contribution is 5.79. The van der Waals surface area contributed by atoms with E-state index in [9.17, 15) is 4.79 Å². The van der Waals surface area contributed by atoms with E-state index in [1.165, 1.54) is 0 Å². The summed E-state index contributed by atoms with van der Waals surface area (Å²) in [4.78, 5) is 16.9. The van der Waals surface area contributed by atoms with Crippen molar-refractivity contribution in [2.45, 2.75) is 6.42 Å². The molecule has 18 heavy (non-hydrogen) atoms. The van der Waals surface area contributed by atoms with E-state index in [4.69, 9.17) is 9.84 Å². The molecular weight excluding hydrogens is 232 g/mol. The Labute approximate surface area is 106 Å². The number of carboxylic acids is 1. The SMILES string of the molecule is O=C(O)/C=C/Cc1ccc(N2CCOCC2)nc1. The first-order valence-electron chi connectivity index (χ1n) is 5.93. The molecule has 5 heteroatoms. The maximum Gasteiger partial charge on any atom is 0.327 e. The van der Waals surface area contributed by atoms with Crippen LogP contribution in [0.5, 0.6) is 0 Å². The minimum atomic E-state index is -0.923. The van der Waals surface area contributed by atoms with E-state index in [2.05, 4.69) is 9.88 Å². The summed E-state index contributed by atoms with van der Waals surface area (Å²) in [7, 11) is 0. The van der Waals surface area contributed by atoms with Crippen molar-refractivity contribution in [3.05, 3.63) is 36.0 Å². The van der Waals surface area contributed by atoms with Gasteiger partial charge in [-0.15, -0.1) is 0 Å². The molecule has 0 saturated carbocycles. The molecule has 1 fully saturated rings. The Bertz CT molecular complexity index is 422. The number of carboxylic acid groups (broad SMARTS) is 1. The van der Waals surface area contributed by atoms with Crippen LogP contribution in [0.1, 0.15) is 5.56 Å². The summed E-state index contributed by atoms with van der Waals surface area (Å²) in [6, 6.07) is 3.94. The molecule has 96 valence electrons. The third-order valence-corrected chi connectivity index (χ3v) is 2.76. The van der Waals surface area contributed by atoms with Crippen molar-refractivity contribution in [1.29, 1.82) is 0 Å². The second-order valence-electron chi connectivity index (χ2n) is 4.07. The molecule has 0 spiro atoms. The minimum absolute atomic E-state index is 0.586. The fourth-order valence-electron chi connectivity index (χ4n) is 1.81. The van der Waals surface area contributed by atoms with Gasteiger partial charge in [-0.1, -0.05) is 12.1 Å². The van der Waals surface area contributed by atoms with Crippen LogP contribution < -0.4 is 4.90 Å². The number of rotatable bonds is 4. The van der Waals surface area contributed by atoms with Crippen molar-refractivity contribution in [3.8, 4) is 0 Å². The van der Waals surface area contributed by atoms with Crippen molar-refractivity contribution >= 4 is 11.8 Å². The molecule has 5 nitrogen and oxygen atoms in total. The van der Waals surface area contributed by atoms with E-state index >= 15 is 0 Å². The third-order valence-electron chi connectivity index (χ3n) is 2.76. The van der Waals surface area contributed by atoms with Gasteiger partial charge in [0.1, 0.15) is 5.82 Å². The number of hydrogen-bond acceptors (Lipinski definition) is 4. The summed E-state index contributed by atoms with van der Waals surface area (Å²) in [5, 5.41) is 8.48. The molecule has 1 aromatic heterocycles. The predicted molar refractivity (Wildman–Crippen MR) is 67.7 cm³/mol. The number of pyridine rings is 1. The van der Waals surface area contributed by atoms with E-state index in [-0.39, 0.29) is 0 Å². The molecule has 0 amide bonds. The summed E-state index contributed by atoms with van der Waals surface area (Å²) in [5.74, 6) is 0.0251. The summed E-state index contributed by atoms with van der Waals surface area (Å²) in [6.45, 7) is 3.21. The Hall–Kier alpha value is -1.88. The summed E-state index contributed by atoms with van der Waals surface area (Å²) in [6.07, 6.45) is 5.14. The number of aliphatic carboxylic acids is 1. The lowest BCUT2D eigenvalue weighted by Gasteiger charge is -2.27. The summed E-state index contributed by atoms with van der Waals surface area (Å²) in [5.41, 5.74) is 1.00. The van der Waals surface area contributed by atoms with Crippen LogP contribution in [0.15, 0.2) is 30.5 Å². The number of allylic oxidation sites excluding steroid dienone is 1. The molecule has 0 unspecified atom stereocenters. The number of aromatic nitrogens is 1. The lowest BCUT2D eigenvalue weighted by Crippen LogP contribution is -2.36. The fourth-order valence-corrected chi connectivity index (χ4v) is 1.81. The molecule has 1 N–H and O–H groups in total. The number of hydrogen-bond donors (Lipinski definition) is 1. The van der Waals surface area contributed by atoms with Gasteiger partial charge in [0, 0.05) is 25.4 Å². The van der Waals surface area contributed by atoms with Crippen LogP contribution in [0, 0.1) is 0 Å². The Kier molecular flexibility index (Phi) is 4.30. The van der Waals surface area contributed by atoms with Crippen molar-refractivity contribution in [3.63, 3.8) is 0 Å². The number of nitrogens with zero attached hydrogens (tertiary/aromatic N) is 2. The van der Waals surface area contributed by atoms with E-state index < -0.39 is 5.97 Å². The van der Waals surface area contributed by atoms with Gasteiger partial charge in [-0.3, -0.25) is 0 Å². The average molecular weight is 248 g/mol. The number of ether oxygens (including phenoxy) is 1. The van der Waals surface area contributed by atoms with Crippen molar-refractivity contribution in [2.75, 3.05) is 31.2 Å². The molecule has 1 aliphatic rings. The number of carbonyl (C=O) groups is 1. The van der Waals surface area contributed by atoms with Crippen molar-refractivity contribution in [2.24, 2.45) is 0 Å². The Morgan fingerprint density at radius 1 is 1.44 bits per heavy atom. The summed E-state index contributed by atoms with van der Waals surface area (Å²) >= 11 is 0. The van der Waals surface area contributed by atoms with Crippen LogP contribution in [-0.2, 0) is 16.0 Å². The molecule has 2 heterocycles. The molecule has 1 saturated heterocycles. The standard InChI is InChI=1S/C13H16N2O3/c16-13(17)3-1-2-11-4-5-12(14-10-11)15-6-8-18-9-7-15/h1,3-5,10H,2,6-9H2,(H,16,17)/b3-1+. The highest BCUT2D eigenvalue weighted by atomic mass is 16.5. The van der Waals surface area contributed by atoms with Crippen LogP contribution in [0.3, 0.4) is 0 Å². The quantitative estimate of drug-likeness (QED) is 0.808. The maximum atomic E-state index is 10.3. The molecule has 0 atom stereocenters. The normalized spacial score (nSPS) is 16.1. The largest absolute Gasteiger partial charge is 0.478 e.